The average Bonchev–Trinajstić information content (AvgIpc) is 2.12. The molecule has 0 aliphatic heterocycles. The smallest absolute Gasteiger partial charge is 0.328 e. The summed E-state index contributed by atoms with van der Waals surface area (Å²) in [4.78, 5) is 23.0. The van der Waals surface area contributed by atoms with E-state index < -0.39 is 6.04 Å². The molecule has 0 bridgehead atoms. The molecule has 0 saturated heterocycles. The lowest BCUT2D eigenvalue weighted by Gasteiger charge is -2.19. The fraction of sp³-hybridized carbons (Fsp3) is 0.667. The van der Waals surface area contributed by atoms with Crippen molar-refractivity contribution >= 4 is 11.9 Å². The molecule has 16 heavy (non-hydrogen) atoms. The molecule has 0 heterocycles. The summed E-state index contributed by atoms with van der Waals surface area (Å²) in [5.41, 5.74) is 0.892. The second-order valence-electron chi connectivity index (χ2n) is 4.20. The summed E-state index contributed by atoms with van der Waals surface area (Å²) in [5, 5.41) is 2.64. The molecule has 0 aromatic heterocycles. The summed E-state index contributed by atoms with van der Waals surface area (Å²) in [6.45, 7) is 9.45. The number of allylic oxidation sites excluding steroid dienone is 1. The lowest BCUT2D eigenvalue weighted by atomic mass is 10.0. The highest BCUT2D eigenvalue weighted by atomic mass is 16.5. The molecule has 0 aliphatic rings. The highest BCUT2D eigenvalue weighted by Crippen LogP contribution is 2.04. The normalized spacial score (nSPS) is 11.9. The van der Waals surface area contributed by atoms with Gasteiger partial charge in [-0.3, -0.25) is 4.79 Å². The number of hydrogen-bond acceptors (Lipinski definition) is 3. The lowest BCUT2D eigenvalue weighted by molar-refractivity contribution is -0.148. The van der Waals surface area contributed by atoms with E-state index in [0.29, 0.717) is 6.61 Å². The standard InChI is InChI=1S/C12H21NO3/c1-6-16-12(15)11(9(4)5)13-10(14)7-8(2)3/h7,9,11H,6H2,1-5H3,(H,13,14). The molecule has 1 unspecified atom stereocenters. The Labute approximate surface area is 97.1 Å². The molecule has 4 nitrogen and oxygen atoms in total. The SMILES string of the molecule is CCOC(=O)C(NC(=O)C=C(C)C)C(C)C. The molecule has 1 amide bonds. The van der Waals surface area contributed by atoms with Crippen LogP contribution in [0.5, 0.6) is 0 Å². The van der Waals surface area contributed by atoms with Gasteiger partial charge in [0.25, 0.3) is 0 Å². The first-order chi connectivity index (χ1) is 7.38. The highest BCUT2D eigenvalue weighted by molar-refractivity contribution is 5.91. The Hall–Kier alpha value is -1.32. The van der Waals surface area contributed by atoms with Gasteiger partial charge in [0.05, 0.1) is 6.61 Å². The molecule has 0 aliphatic carbocycles. The van der Waals surface area contributed by atoms with Gasteiger partial charge in [0.15, 0.2) is 0 Å². The van der Waals surface area contributed by atoms with Gasteiger partial charge < -0.3 is 10.1 Å². The van der Waals surface area contributed by atoms with Gasteiger partial charge in [0.2, 0.25) is 5.91 Å². The predicted molar refractivity (Wildman–Crippen MR) is 62.8 cm³/mol. The van der Waals surface area contributed by atoms with Crippen molar-refractivity contribution in [1.29, 1.82) is 0 Å². The second kappa shape index (κ2) is 7.04. The molecule has 1 N–H and O–H groups in total. The Morgan fingerprint density at radius 1 is 1.31 bits per heavy atom. The van der Waals surface area contributed by atoms with Crippen LogP contribution in [0, 0.1) is 5.92 Å². The zero-order valence-electron chi connectivity index (χ0n) is 10.7. The van der Waals surface area contributed by atoms with Crippen LogP contribution in [-0.4, -0.2) is 24.5 Å². The number of rotatable bonds is 5. The van der Waals surface area contributed by atoms with Crippen LogP contribution in [-0.2, 0) is 14.3 Å². The molecular formula is C12H21NO3. The number of carbonyl (C=O) groups excluding carboxylic acids is 2. The van der Waals surface area contributed by atoms with E-state index in [1.165, 1.54) is 6.08 Å². The summed E-state index contributed by atoms with van der Waals surface area (Å²) in [7, 11) is 0. The summed E-state index contributed by atoms with van der Waals surface area (Å²) >= 11 is 0. The monoisotopic (exact) mass is 227 g/mol. The molecule has 0 aromatic rings. The molecule has 0 fully saturated rings. The van der Waals surface area contributed by atoms with Crippen LogP contribution < -0.4 is 5.32 Å². The molecule has 0 aromatic carbocycles. The van der Waals surface area contributed by atoms with Crippen LogP contribution >= 0.6 is 0 Å². The van der Waals surface area contributed by atoms with E-state index in [-0.39, 0.29) is 17.8 Å². The minimum Gasteiger partial charge on any atom is -0.464 e. The second-order valence-corrected chi connectivity index (χ2v) is 4.20. The van der Waals surface area contributed by atoms with E-state index in [1.807, 2.05) is 27.7 Å². The van der Waals surface area contributed by atoms with Gasteiger partial charge in [-0.2, -0.15) is 0 Å². The third-order valence-electron chi connectivity index (χ3n) is 1.92. The Balaban J connectivity index is 4.52. The summed E-state index contributed by atoms with van der Waals surface area (Å²) in [6.07, 6.45) is 1.47. The Morgan fingerprint density at radius 2 is 1.88 bits per heavy atom. The van der Waals surface area contributed by atoms with Crippen LogP contribution in [0.2, 0.25) is 0 Å². The van der Waals surface area contributed by atoms with Gasteiger partial charge in [0, 0.05) is 6.08 Å². The summed E-state index contributed by atoms with van der Waals surface area (Å²) in [5.74, 6) is -0.631. The van der Waals surface area contributed by atoms with Crippen molar-refractivity contribution in [2.45, 2.75) is 40.7 Å². The van der Waals surface area contributed by atoms with Gasteiger partial charge in [-0.25, -0.2) is 4.79 Å². The van der Waals surface area contributed by atoms with Crippen molar-refractivity contribution in [3.63, 3.8) is 0 Å². The van der Waals surface area contributed by atoms with Crippen LogP contribution in [0.15, 0.2) is 11.6 Å². The zero-order valence-corrected chi connectivity index (χ0v) is 10.7. The fourth-order valence-electron chi connectivity index (χ4n) is 1.19. The third kappa shape index (κ3) is 5.53. The lowest BCUT2D eigenvalue weighted by Crippen LogP contribution is -2.44. The van der Waals surface area contributed by atoms with Crippen molar-refractivity contribution in [1.82, 2.24) is 5.32 Å². The largest absolute Gasteiger partial charge is 0.464 e. The number of esters is 1. The molecule has 4 heteroatoms. The Morgan fingerprint density at radius 3 is 2.25 bits per heavy atom. The van der Waals surface area contributed by atoms with Crippen molar-refractivity contribution in [2.75, 3.05) is 6.61 Å². The van der Waals surface area contributed by atoms with E-state index >= 15 is 0 Å². The van der Waals surface area contributed by atoms with E-state index in [1.54, 1.807) is 6.92 Å². The predicted octanol–water partition coefficient (Wildman–Crippen LogP) is 1.66. The maximum Gasteiger partial charge on any atom is 0.328 e. The molecule has 0 saturated carbocycles. The average molecular weight is 227 g/mol. The molecule has 0 spiro atoms. The number of amides is 1. The first kappa shape index (κ1) is 14.7. The maximum atomic E-state index is 11.5. The van der Waals surface area contributed by atoms with Gasteiger partial charge in [-0.1, -0.05) is 19.4 Å². The molecule has 92 valence electrons. The number of nitrogens with one attached hydrogen (secondary N) is 1. The number of carbonyl (C=O) groups is 2. The summed E-state index contributed by atoms with van der Waals surface area (Å²) in [6, 6.07) is -0.581. The van der Waals surface area contributed by atoms with Gasteiger partial charge in [-0.05, 0) is 26.7 Å². The molecule has 1 atom stereocenters. The van der Waals surface area contributed by atoms with Crippen molar-refractivity contribution in [3.8, 4) is 0 Å². The minimum absolute atomic E-state index is 0.00793. The van der Waals surface area contributed by atoms with Crippen LogP contribution in [0.1, 0.15) is 34.6 Å². The zero-order chi connectivity index (χ0) is 12.7. The first-order valence-corrected chi connectivity index (χ1v) is 5.50. The maximum absolute atomic E-state index is 11.5. The van der Waals surface area contributed by atoms with E-state index in [0.717, 1.165) is 5.57 Å². The quantitative estimate of drug-likeness (QED) is 0.574. The Kier molecular flexibility index (Phi) is 6.46. The van der Waals surface area contributed by atoms with Gasteiger partial charge >= 0.3 is 5.97 Å². The van der Waals surface area contributed by atoms with Crippen molar-refractivity contribution in [3.05, 3.63) is 11.6 Å². The van der Waals surface area contributed by atoms with Crippen molar-refractivity contribution in [2.24, 2.45) is 5.92 Å². The fourth-order valence-corrected chi connectivity index (χ4v) is 1.19. The summed E-state index contributed by atoms with van der Waals surface area (Å²) < 4.78 is 4.90. The van der Waals surface area contributed by atoms with E-state index in [2.05, 4.69) is 5.32 Å². The molecule has 0 radical (unpaired) electrons. The number of hydrogen-bond donors (Lipinski definition) is 1. The minimum atomic E-state index is -0.581. The van der Waals surface area contributed by atoms with Crippen LogP contribution in [0.4, 0.5) is 0 Å². The highest BCUT2D eigenvalue weighted by Gasteiger charge is 2.24. The van der Waals surface area contributed by atoms with E-state index in [4.69, 9.17) is 4.74 Å². The first-order valence-electron chi connectivity index (χ1n) is 5.50. The van der Waals surface area contributed by atoms with Gasteiger partial charge in [-0.15, -0.1) is 0 Å². The van der Waals surface area contributed by atoms with Crippen LogP contribution in [0.3, 0.4) is 0 Å². The van der Waals surface area contributed by atoms with Gasteiger partial charge in [0.1, 0.15) is 6.04 Å². The molecular weight excluding hydrogens is 206 g/mol. The third-order valence-corrected chi connectivity index (χ3v) is 1.92. The topological polar surface area (TPSA) is 55.4 Å². The van der Waals surface area contributed by atoms with Crippen molar-refractivity contribution < 1.29 is 14.3 Å². The number of ether oxygens (including phenoxy) is 1. The van der Waals surface area contributed by atoms with Crippen LogP contribution in [0.25, 0.3) is 0 Å². The molecule has 0 rings (SSSR count). The van der Waals surface area contributed by atoms with E-state index in [9.17, 15) is 9.59 Å². The Bertz CT molecular complexity index is 278.